The highest BCUT2D eigenvalue weighted by molar-refractivity contribution is 5.92. The Bertz CT molecular complexity index is 973. The summed E-state index contributed by atoms with van der Waals surface area (Å²) in [6.07, 6.45) is -1.03. The lowest BCUT2D eigenvalue weighted by molar-refractivity contribution is -0.133. The fourth-order valence-corrected chi connectivity index (χ4v) is 2.65. The normalized spacial score (nSPS) is 12.0. The van der Waals surface area contributed by atoms with Gasteiger partial charge in [-0.1, -0.05) is 30.6 Å². The number of amides is 2. The van der Waals surface area contributed by atoms with Crippen LogP contribution in [0.3, 0.4) is 0 Å². The monoisotopic (exact) mass is 422 g/mol. The van der Waals surface area contributed by atoms with Gasteiger partial charge in [0.1, 0.15) is 6.04 Å². The van der Waals surface area contributed by atoms with Crippen molar-refractivity contribution >= 4 is 23.2 Å². The van der Waals surface area contributed by atoms with Gasteiger partial charge in [-0.2, -0.15) is 0 Å². The number of carbonyl (C=O) groups excluding carboxylic acids is 2. The topological polar surface area (TPSA) is 123 Å². The van der Waals surface area contributed by atoms with E-state index in [1.807, 2.05) is 24.3 Å². The fourth-order valence-electron chi connectivity index (χ4n) is 2.65. The first-order chi connectivity index (χ1) is 14.8. The van der Waals surface area contributed by atoms with E-state index in [9.17, 15) is 14.7 Å². The molecular weight excluding hydrogens is 396 g/mol. The third-order valence-corrected chi connectivity index (χ3v) is 4.30. The van der Waals surface area contributed by atoms with E-state index in [-0.39, 0.29) is 12.5 Å². The molecule has 31 heavy (non-hydrogen) atoms. The largest absolute Gasteiger partial charge is 0.391 e. The van der Waals surface area contributed by atoms with Crippen LogP contribution in [0.25, 0.3) is 5.70 Å². The van der Waals surface area contributed by atoms with Gasteiger partial charge in [0, 0.05) is 22.5 Å². The molecule has 0 spiro atoms. The maximum Gasteiger partial charge on any atom is 0.268 e. The van der Waals surface area contributed by atoms with E-state index in [2.05, 4.69) is 34.4 Å². The van der Waals surface area contributed by atoms with E-state index in [4.69, 9.17) is 5.21 Å². The maximum atomic E-state index is 11.6. The second kappa shape index (κ2) is 11.5. The number of aliphatic hydroxyl groups excluding tert-OH is 1. The Morgan fingerprint density at radius 2 is 1.58 bits per heavy atom. The molecule has 2 aromatic carbocycles. The zero-order valence-electron chi connectivity index (χ0n) is 17.4. The zero-order valence-corrected chi connectivity index (χ0v) is 17.4. The van der Waals surface area contributed by atoms with Crippen LogP contribution in [-0.4, -0.2) is 47.9 Å². The van der Waals surface area contributed by atoms with Crippen molar-refractivity contribution in [3.63, 3.8) is 0 Å². The van der Waals surface area contributed by atoms with Crippen LogP contribution in [0.15, 0.2) is 55.1 Å². The Morgan fingerprint density at radius 3 is 2.06 bits per heavy atom. The molecular formula is C23H26N4O4. The lowest BCUT2D eigenvalue weighted by Crippen LogP contribution is -2.48. The molecule has 0 saturated carbocycles. The standard InChI is InChI=1S/C23H26N4O4/c1-15(25-22(16(2)28)23(30)27-31)19-10-6-17(7-11-19)4-5-18-8-12-20(13-9-18)26-21(29)14-24-3/h6-13,16,22,24-25,28,31H,1,14H2,2-3H3,(H,26,29)(H,27,30)/t16-,22+/m1/s1. The van der Waals surface area contributed by atoms with Crippen molar-refractivity contribution in [1.82, 2.24) is 16.1 Å². The van der Waals surface area contributed by atoms with E-state index < -0.39 is 18.1 Å². The Hall–Kier alpha value is -3.64. The molecule has 2 atom stereocenters. The van der Waals surface area contributed by atoms with Gasteiger partial charge in [-0.3, -0.25) is 14.8 Å². The van der Waals surface area contributed by atoms with Gasteiger partial charge in [0.2, 0.25) is 5.91 Å². The summed E-state index contributed by atoms with van der Waals surface area (Å²) in [5.74, 6) is 5.24. The number of carbonyl (C=O) groups is 2. The van der Waals surface area contributed by atoms with Gasteiger partial charge in [-0.25, -0.2) is 5.48 Å². The number of hydrogen-bond acceptors (Lipinski definition) is 6. The summed E-state index contributed by atoms with van der Waals surface area (Å²) in [5, 5.41) is 26.8. The number of rotatable bonds is 8. The van der Waals surface area contributed by atoms with Gasteiger partial charge in [0.05, 0.1) is 12.6 Å². The molecule has 6 N–H and O–H groups in total. The van der Waals surface area contributed by atoms with E-state index in [1.165, 1.54) is 12.4 Å². The molecule has 2 amide bonds. The SMILES string of the molecule is C=C(N[C@H](C(=O)NO)[C@@H](C)O)c1ccc(C#Cc2ccc(NC(=O)CNC)cc2)cc1. The van der Waals surface area contributed by atoms with E-state index in [0.29, 0.717) is 16.9 Å². The minimum absolute atomic E-state index is 0.116. The predicted octanol–water partition coefficient (Wildman–Crippen LogP) is 1.06. The number of anilines is 1. The van der Waals surface area contributed by atoms with Crippen LogP contribution in [0.5, 0.6) is 0 Å². The fraction of sp³-hybridized carbons (Fsp3) is 0.217. The second-order valence-corrected chi connectivity index (χ2v) is 6.80. The minimum atomic E-state index is -1.04. The first-order valence-corrected chi connectivity index (χ1v) is 9.58. The molecule has 0 aliphatic rings. The van der Waals surface area contributed by atoms with Gasteiger partial charge in [-0.15, -0.1) is 0 Å². The summed E-state index contributed by atoms with van der Waals surface area (Å²) < 4.78 is 0. The third-order valence-electron chi connectivity index (χ3n) is 4.30. The van der Waals surface area contributed by atoms with E-state index >= 15 is 0 Å². The molecule has 2 rings (SSSR count). The van der Waals surface area contributed by atoms with Gasteiger partial charge < -0.3 is 21.1 Å². The van der Waals surface area contributed by atoms with Crippen LogP contribution in [0.1, 0.15) is 23.6 Å². The highest BCUT2D eigenvalue weighted by Crippen LogP contribution is 2.13. The van der Waals surface area contributed by atoms with Crippen molar-refractivity contribution < 1.29 is 19.9 Å². The second-order valence-electron chi connectivity index (χ2n) is 6.80. The molecule has 0 unspecified atom stereocenters. The smallest absolute Gasteiger partial charge is 0.268 e. The van der Waals surface area contributed by atoms with Crippen molar-refractivity contribution in [1.29, 1.82) is 0 Å². The Labute approximate surface area is 181 Å². The van der Waals surface area contributed by atoms with Crippen LogP contribution in [0.2, 0.25) is 0 Å². The Balaban J connectivity index is 2.01. The molecule has 8 nitrogen and oxygen atoms in total. The van der Waals surface area contributed by atoms with Gasteiger partial charge >= 0.3 is 0 Å². The van der Waals surface area contributed by atoms with E-state index in [1.54, 1.807) is 31.3 Å². The third kappa shape index (κ3) is 7.28. The molecule has 162 valence electrons. The predicted molar refractivity (Wildman–Crippen MR) is 119 cm³/mol. The van der Waals surface area contributed by atoms with Crippen molar-refractivity contribution in [2.24, 2.45) is 0 Å². The molecule has 0 fully saturated rings. The van der Waals surface area contributed by atoms with Crippen molar-refractivity contribution in [2.45, 2.75) is 19.1 Å². The van der Waals surface area contributed by atoms with E-state index in [0.717, 1.165) is 11.1 Å². The summed E-state index contributed by atoms with van der Waals surface area (Å²) in [6, 6.07) is 13.4. The number of nitrogens with one attached hydrogen (secondary N) is 4. The van der Waals surface area contributed by atoms with Crippen LogP contribution in [0, 0.1) is 11.8 Å². The summed E-state index contributed by atoms with van der Waals surface area (Å²) in [4.78, 5) is 23.2. The Kier molecular flexibility index (Phi) is 8.78. The van der Waals surface area contributed by atoms with Crippen LogP contribution in [-0.2, 0) is 9.59 Å². The van der Waals surface area contributed by atoms with Crippen LogP contribution < -0.4 is 21.4 Å². The van der Waals surface area contributed by atoms with Gasteiger partial charge in [-0.05, 0) is 55.9 Å². The number of benzene rings is 2. The lowest BCUT2D eigenvalue weighted by Gasteiger charge is -2.21. The summed E-state index contributed by atoms with van der Waals surface area (Å²) >= 11 is 0. The number of aliphatic hydroxyl groups is 1. The van der Waals surface area contributed by atoms with Gasteiger partial charge in [0.25, 0.3) is 5.91 Å². The molecule has 0 heterocycles. The molecule has 0 saturated heterocycles. The van der Waals surface area contributed by atoms with Crippen molar-refractivity contribution in [2.75, 3.05) is 18.9 Å². The lowest BCUT2D eigenvalue weighted by atomic mass is 10.1. The molecule has 2 aromatic rings. The summed E-state index contributed by atoms with van der Waals surface area (Å²) in [5.41, 5.74) is 4.94. The first-order valence-electron chi connectivity index (χ1n) is 9.58. The summed E-state index contributed by atoms with van der Waals surface area (Å²) in [6.45, 7) is 5.55. The molecule has 0 bridgehead atoms. The van der Waals surface area contributed by atoms with Crippen LogP contribution >= 0.6 is 0 Å². The molecule has 0 radical (unpaired) electrons. The molecule has 0 aliphatic heterocycles. The van der Waals surface area contributed by atoms with Crippen molar-refractivity contribution in [3.8, 4) is 11.8 Å². The molecule has 0 aromatic heterocycles. The maximum absolute atomic E-state index is 11.6. The first kappa shape index (κ1) is 23.6. The molecule has 0 aliphatic carbocycles. The minimum Gasteiger partial charge on any atom is -0.391 e. The number of likely N-dealkylation sites (N-methyl/N-ethyl adjacent to an activating group) is 1. The Morgan fingerprint density at radius 1 is 1.03 bits per heavy atom. The average Bonchev–Trinajstić information content (AvgIpc) is 2.76. The number of hydrogen-bond donors (Lipinski definition) is 6. The highest BCUT2D eigenvalue weighted by atomic mass is 16.5. The quantitative estimate of drug-likeness (QED) is 0.215. The number of hydroxylamine groups is 1. The van der Waals surface area contributed by atoms with Gasteiger partial charge in [0.15, 0.2) is 0 Å². The zero-order chi connectivity index (χ0) is 22.8. The average molecular weight is 422 g/mol. The highest BCUT2D eigenvalue weighted by Gasteiger charge is 2.23. The van der Waals surface area contributed by atoms with Crippen molar-refractivity contribution in [3.05, 3.63) is 71.8 Å². The van der Waals surface area contributed by atoms with Crippen LogP contribution in [0.4, 0.5) is 5.69 Å². The summed E-state index contributed by atoms with van der Waals surface area (Å²) in [7, 11) is 1.71. The molecule has 8 heteroatoms.